The molecular weight excluding hydrogens is 761 g/mol. The minimum Gasteiger partial charge on any atom is -0.309 e. The maximum absolute atomic E-state index is 5.32. The Balaban J connectivity index is 1.08. The van der Waals surface area contributed by atoms with Gasteiger partial charge in [0.2, 0.25) is 5.95 Å². The molecule has 12 aromatic rings. The molecule has 12 rings (SSSR count). The van der Waals surface area contributed by atoms with Crippen molar-refractivity contribution in [2.24, 2.45) is 0 Å². The fourth-order valence-electron chi connectivity index (χ4n) is 8.55. The number of hydrogen-bond acceptors (Lipinski definition) is 6. The molecule has 8 nitrogen and oxygen atoms in total. The molecule has 0 radical (unpaired) electrons. The highest BCUT2D eigenvalue weighted by Gasteiger charge is 2.22. The lowest BCUT2D eigenvalue weighted by Crippen LogP contribution is -2.06. The summed E-state index contributed by atoms with van der Waals surface area (Å²) < 4.78 is 4.53. The summed E-state index contributed by atoms with van der Waals surface area (Å²) >= 11 is 0. The molecule has 0 unspecified atom stereocenters. The van der Waals surface area contributed by atoms with E-state index < -0.39 is 0 Å². The highest BCUT2D eigenvalue weighted by atomic mass is 15.2. The molecule has 0 aliphatic heterocycles. The summed E-state index contributed by atoms with van der Waals surface area (Å²) in [7, 11) is 0. The number of rotatable bonds is 7. The Morgan fingerprint density at radius 3 is 1.13 bits per heavy atom. The van der Waals surface area contributed by atoms with Gasteiger partial charge in [0.15, 0.2) is 29.1 Å². The Morgan fingerprint density at radius 1 is 0.242 bits per heavy atom. The number of aromatic nitrogens is 8. The van der Waals surface area contributed by atoms with Crippen molar-refractivity contribution in [1.82, 2.24) is 39.0 Å². The van der Waals surface area contributed by atoms with Gasteiger partial charge in [0.05, 0.1) is 22.1 Å². The van der Waals surface area contributed by atoms with Crippen molar-refractivity contribution in [3.63, 3.8) is 0 Å². The van der Waals surface area contributed by atoms with Crippen molar-refractivity contribution in [3.8, 4) is 68.6 Å². The molecule has 0 fully saturated rings. The molecule has 0 N–H and O–H groups in total. The maximum atomic E-state index is 5.32. The normalized spacial score (nSPS) is 11.5. The van der Waals surface area contributed by atoms with Crippen molar-refractivity contribution in [2.75, 3.05) is 0 Å². The van der Waals surface area contributed by atoms with Crippen molar-refractivity contribution in [3.05, 3.63) is 206 Å². The van der Waals surface area contributed by atoms with Gasteiger partial charge in [-0.1, -0.05) is 164 Å². The van der Waals surface area contributed by atoms with E-state index in [0.717, 1.165) is 66.3 Å². The molecule has 0 spiro atoms. The molecule has 0 saturated heterocycles. The molecule has 0 bridgehead atoms. The number of benzene rings is 8. The molecule has 4 heterocycles. The first-order valence-electron chi connectivity index (χ1n) is 20.5. The number of hydrogen-bond donors (Lipinski definition) is 0. The Kier molecular flexibility index (Phi) is 8.31. The second-order valence-electron chi connectivity index (χ2n) is 15.2. The van der Waals surface area contributed by atoms with E-state index in [4.69, 9.17) is 29.9 Å². The van der Waals surface area contributed by atoms with Gasteiger partial charge in [-0.3, -0.25) is 4.57 Å². The van der Waals surface area contributed by atoms with Gasteiger partial charge in [-0.15, -0.1) is 0 Å². The van der Waals surface area contributed by atoms with E-state index in [1.165, 1.54) is 10.8 Å². The molecule has 4 aromatic heterocycles. The molecule has 8 aromatic carbocycles. The van der Waals surface area contributed by atoms with Crippen LogP contribution in [-0.2, 0) is 0 Å². The largest absolute Gasteiger partial charge is 0.309 e. The molecule has 0 saturated carbocycles. The predicted octanol–water partition coefficient (Wildman–Crippen LogP) is 12.6. The van der Waals surface area contributed by atoms with Crippen LogP contribution in [0, 0.1) is 0 Å². The van der Waals surface area contributed by atoms with Crippen LogP contribution < -0.4 is 0 Å². The van der Waals surface area contributed by atoms with Crippen molar-refractivity contribution >= 4 is 43.6 Å². The van der Waals surface area contributed by atoms with E-state index >= 15 is 0 Å². The average molecular weight is 795 g/mol. The Morgan fingerprint density at radius 2 is 0.613 bits per heavy atom. The third-order valence-corrected chi connectivity index (χ3v) is 11.4. The highest BCUT2D eigenvalue weighted by Crippen LogP contribution is 2.40. The smallest absolute Gasteiger partial charge is 0.238 e. The van der Waals surface area contributed by atoms with E-state index in [1.807, 2.05) is 109 Å². The number of fused-ring (bicyclic) bond motifs is 6. The molecule has 62 heavy (non-hydrogen) atoms. The van der Waals surface area contributed by atoms with Gasteiger partial charge in [-0.2, -0.15) is 9.97 Å². The molecule has 0 amide bonds. The van der Waals surface area contributed by atoms with Crippen LogP contribution in [-0.4, -0.2) is 39.0 Å². The molecule has 0 aliphatic rings. The zero-order chi connectivity index (χ0) is 41.0. The molecular formula is C54H34N8. The Hall–Kier alpha value is -8.62. The third-order valence-electron chi connectivity index (χ3n) is 11.4. The van der Waals surface area contributed by atoms with Gasteiger partial charge >= 0.3 is 0 Å². The predicted molar refractivity (Wildman–Crippen MR) is 249 cm³/mol. The summed E-state index contributed by atoms with van der Waals surface area (Å²) in [5, 5.41) is 4.61. The summed E-state index contributed by atoms with van der Waals surface area (Å²) in [6.07, 6.45) is 0. The van der Waals surface area contributed by atoms with E-state index in [9.17, 15) is 0 Å². The lowest BCUT2D eigenvalue weighted by molar-refractivity contribution is 0.953. The first-order chi connectivity index (χ1) is 30.7. The van der Waals surface area contributed by atoms with Crippen molar-refractivity contribution in [1.29, 1.82) is 0 Å². The van der Waals surface area contributed by atoms with Gasteiger partial charge < -0.3 is 4.57 Å². The molecule has 0 atom stereocenters. The van der Waals surface area contributed by atoms with Crippen molar-refractivity contribution in [2.45, 2.75) is 0 Å². The first-order valence-corrected chi connectivity index (χ1v) is 20.5. The van der Waals surface area contributed by atoms with Crippen LogP contribution >= 0.6 is 0 Å². The van der Waals surface area contributed by atoms with Crippen LogP contribution in [0.25, 0.3) is 112 Å². The van der Waals surface area contributed by atoms with E-state index in [0.29, 0.717) is 35.1 Å². The lowest BCUT2D eigenvalue weighted by Gasteiger charge is -2.12. The fraction of sp³-hybridized carbons (Fsp3) is 0. The van der Waals surface area contributed by atoms with E-state index in [1.54, 1.807) is 0 Å². The van der Waals surface area contributed by atoms with Gasteiger partial charge in [-0.25, -0.2) is 19.9 Å². The van der Waals surface area contributed by atoms with E-state index in [2.05, 4.69) is 106 Å². The zero-order valence-corrected chi connectivity index (χ0v) is 33.2. The topological polar surface area (TPSA) is 87.2 Å². The van der Waals surface area contributed by atoms with Crippen LogP contribution in [0.2, 0.25) is 0 Å². The molecule has 8 heteroatoms. The second-order valence-corrected chi connectivity index (χ2v) is 15.2. The Bertz CT molecular complexity index is 3560. The summed E-state index contributed by atoms with van der Waals surface area (Å²) in [5.41, 5.74) is 9.67. The minimum absolute atomic E-state index is 0.519. The first kappa shape index (κ1) is 35.3. The average Bonchev–Trinajstić information content (AvgIpc) is 3.86. The second kappa shape index (κ2) is 14.6. The van der Waals surface area contributed by atoms with Crippen LogP contribution in [0.4, 0.5) is 0 Å². The number of para-hydroxylation sites is 3. The van der Waals surface area contributed by atoms with Crippen molar-refractivity contribution < 1.29 is 0 Å². The summed E-state index contributed by atoms with van der Waals surface area (Å²) in [6.45, 7) is 0. The van der Waals surface area contributed by atoms with Crippen LogP contribution in [0.3, 0.4) is 0 Å². The summed E-state index contributed by atoms with van der Waals surface area (Å²) in [4.78, 5) is 30.7. The highest BCUT2D eigenvalue weighted by molar-refractivity contribution is 6.19. The molecule has 0 aliphatic carbocycles. The monoisotopic (exact) mass is 794 g/mol. The van der Waals surface area contributed by atoms with Crippen LogP contribution in [0.5, 0.6) is 0 Å². The fourth-order valence-corrected chi connectivity index (χ4v) is 8.55. The summed E-state index contributed by atoms with van der Waals surface area (Å²) in [5.74, 6) is 3.37. The van der Waals surface area contributed by atoms with Gasteiger partial charge in [-0.05, 0) is 42.5 Å². The molecule has 290 valence electrons. The van der Waals surface area contributed by atoms with Gasteiger partial charge in [0.1, 0.15) is 0 Å². The Labute approximate surface area is 356 Å². The quantitative estimate of drug-likeness (QED) is 0.160. The SMILES string of the molecule is c1ccc(-c2nc(-c3ccccc3)nc(-c3cccc(-c4nc(-c5ccccc5)nc(-n5c6ccccc6c6cc7c8ccccc8n(-c8ccccc8)c7cc65)n4)c3)n2)cc1. The lowest BCUT2D eigenvalue weighted by atomic mass is 10.1. The number of nitrogens with zero attached hydrogens (tertiary/aromatic N) is 8. The van der Waals surface area contributed by atoms with Gasteiger partial charge in [0, 0.05) is 55.0 Å². The maximum Gasteiger partial charge on any atom is 0.238 e. The minimum atomic E-state index is 0.519. The van der Waals surface area contributed by atoms with E-state index in [-0.39, 0.29) is 0 Å². The zero-order valence-electron chi connectivity index (χ0n) is 33.2. The summed E-state index contributed by atoms with van der Waals surface area (Å²) in [6, 6.07) is 70.5. The van der Waals surface area contributed by atoms with Gasteiger partial charge in [0.25, 0.3) is 0 Å². The third kappa shape index (κ3) is 6.00. The van der Waals surface area contributed by atoms with Crippen LogP contribution in [0.15, 0.2) is 206 Å². The standard InChI is InChI=1S/C54H34N8/c1-5-18-35(19-6-1)49-55-50(36-20-7-2-8-21-36)57-52(56-49)38-24-17-25-39(32-38)53-58-51(37-22-9-3-10-23-37)59-54(60-53)62-46-31-16-14-29-42(46)44-33-43-41-28-13-15-30-45(41)61(47(43)34-48(44)62)40-26-11-4-12-27-40/h1-34H. The van der Waals surface area contributed by atoms with Crippen LogP contribution in [0.1, 0.15) is 0 Å².